The quantitative estimate of drug-likeness (QED) is 0.437. The number of aliphatic imine (C=N–C) groups is 1. The van der Waals surface area contributed by atoms with Crippen LogP contribution in [-0.2, 0) is 4.74 Å². The molecule has 2 fully saturated rings. The van der Waals surface area contributed by atoms with E-state index in [2.05, 4.69) is 17.2 Å². The van der Waals surface area contributed by atoms with Gasteiger partial charge < -0.3 is 15.8 Å². The highest BCUT2D eigenvalue weighted by Crippen LogP contribution is 2.26. The van der Waals surface area contributed by atoms with Crippen molar-refractivity contribution in [3.8, 4) is 0 Å². The van der Waals surface area contributed by atoms with Crippen LogP contribution in [0.3, 0.4) is 0 Å². The van der Waals surface area contributed by atoms with E-state index in [-0.39, 0.29) is 24.0 Å². The van der Waals surface area contributed by atoms with Gasteiger partial charge in [0.2, 0.25) is 0 Å². The monoisotopic (exact) mass is 381 g/mol. The SMILES string of the molecule is CC1CC(CCNC(N)=NCC2CCC2)CCO1.I. The van der Waals surface area contributed by atoms with E-state index in [0.29, 0.717) is 12.1 Å². The van der Waals surface area contributed by atoms with Crippen LogP contribution < -0.4 is 11.1 Å². The molecule has 2 atom stereocenters. The molecule has 1 saturated heterocycles. The van der Waals surface area contributed by atoms with Crippen LogP contribution in [0.1, 0.15) is 45.4 Å². The van der Waals surface area contributed by atoms with Gasteiger partial charge in [0.15, 0.2) is 5.96 Å². The summed E-state index contributed by atoms with van der Waals surface area (Å²) in [6, 6.07) is 0. The number of hydrogen-bond donors (Lipinski definition) is 2. The molecule has 19 heavy (non-hydrogen) atoms. The summed E-state index contributed by atoms with van der Waals surface area (Å²) in [5.74, 6) is 2.20. The molecule has 0 spiro atoms. The highest BCUT2D eigenvalue weighted by Gasteiger charge is 2.19. The van der Waals surface area contributed by atoms with E-state index in [1.165, 1.54) is 38.5 Å². The third kappa shape index (κ3) is 6.29. The van der Waals surface area contributed by atoms with Crippen molar-refractivity contribution in [2.45, 2.75) is 51.6 Å². The minimum absolute atomic E-state index is 0. The standard InChI is InChI=1S/C14H27N3O.HI/c1-11-9-12(6-8-18-11)5-7-16-14(15)17-10-13-3-2-4-13;/h11-13H,2-10H2,1H3,(H3,15,16,17);1H. The molecule has 2 unspecified atom stereocenters. The van der Waals surface area contributed by atoms with Crippen LogP contribution in [0.2, 0.25) is 0 Å². The van der Waals surface area contributed by atoms with Gasteiger partial charge in [-0.3, -0.25) is 4.99 Å². The van der Waals surface area contributed by atoms with E-state index >= 15 is 0 Å². The van der Waals surface area contributed by atoms with Gasteiger partial charge in [0.25, 0.3) is 0 Å². The van der Waals surface area contributed by atoms with Crippen LogP contribution in [0.15, 0.2) is 4.99 Å². The molecule has 2 rings (SSSR count). The Morgan fingerprint density at radius 3 is 2.74 bits per heavy atom. The molecule has 1 aliphatic heterocycles. The fraction of sp³-hybridized carbons (Fsp3) is 0.929. The van der Waals surface area contributed by atoms with Crippen molar-refractivity contribution >= 4 is 29.9 Å². The van der Waals surface area contributed by atoms with Crippen LogP contribution >= 0.6 is 24.0 Å². The summed E-state index contributed by atoms with van der Waals surface area (Å²) in [4.78, 5) is 4.40. The fourth-order valence-electron chi connectivity index (χ4n) is 2.72. The summed E-state index contributed by atoms with van der Waals surface area (Å²) in [7, 11) is 0. The Morgan fingerprint density at radius 1 is 1.32 bits per heavy atom. The average molecular weight is 381 g/mol. The first-order chi connectivity index (χ1) is 8.74. The molecule has 3 N–H and O–H groups in total. The van der Waals surface area contributed by atoms with Crippen molar-refractivity contribution in [3.05, 3.63) is 0 Å². The maximum atomic E-state index is 5.86. The van der Waals surface area contributed by atoms with E-state index in [0.717, 1.165) is 31.5 Å². The van der Waals surface area contributed by atoms with Gasteiger partial charge in [-0.1, -0.05) is 6.42 Å². The zero-order valence-corrected chi connectivity index (χ0v) is 14.3. The average Bonchev–Trinajstić information content (AvgIpc) is 2.27. The molecule has 5 heteroatoms. The van der Waals surface area contributed by atoms with Crippen LogP contribution in [-0.4, -0.2) is 31.8 Å². The van der Waals surface area contributed by atoms with E-state index in [4.69, 9.17) is 10.5 Å². The van der Waals surface area contributed by atoms with Gasteiger partial charge in [-0.25, -0.2) is 0 Å². The van der Waals surface area contributed by atoms with E-state index in [1.54, 1.807) is 0 Å². The summed E-state index contributed by atoms with van der Waals surface area (Å²) in [5, 5.41) is 3.24. The molecule has 1 heterocycles. The number of ether oxygens (including phenoxy) is 1. The first-order valence-corrected chi connectivity index (χ1v) is 7.39. The topological polar surface area (TPSA) is 59.6 Å². The molecule has 4 nitrogen and oxygen atoms in total. The molecule has 0 radical (unpaired) electrons. The Labute approximate surface area is 134 Å². The van der Waals surface area contributed by atoms with Crippen molar-refractivity contribution in [2.24, 2.45) is 22.6 Å². The molecular formula is C14H28IN3O. The van der Waals surface area contributed by atoms with Crippen LogP contribution in [0, 0.1) is 11.8 Å². The number of nitrogens with one attached hydrogen (secondary N) is 1. The lowest BCUT2D eigenvalue weighted by molar-refractivity contribution is 0.00123. The van der Waals surface area contributed by atoms with Crippen molar-refractivity contribution < 1.29 is 4.74 Å². The Bertz CT molecular complexity index is 282. The van der Waals surface area contributed by atoms with Crippen LogP contribution in [0.4, 0.5) is 0 Å². The van der Waals surface area contributed by atoms with Crippen LogP contribution in [0.25, 0.3) is 0 Å². The lowest BCUT2D eigenvalue weighted by atomic mass is 9.86. The van der Waals surface area contributed by atoms with E-state index < -0.39 is 0 Å². The lowest BCUT2D eigenvalue weighted by Gasteiger charge is -2.27. The van der Waals surface area contributed by atoms with E-state index in [1.807, 2.05) is 0 Å². The number of guanidine groups is 1. The van der Waals surface area contributed by atoms with Gasteiger partial charge in [0, 0.05) is 19.7 Å². The molecule has 0 aromatic carbocycles. The van der Waals surface area contributed by atoms with Gasteiger partial charge in [-0.15, -0.1) is 24.0 Å². The highest BCUT2D eigenvalue weighted by molar-refractivity contribution is 14.0. The highest BCUT2D eigenvalue weighted by atomic mass is 127. The minimum atomic E-state index is 0. The summed E-state index contributed by atoms with van der Waals surface area (Å²) in [6.07, 6.45) is 8.00. The number of nitrogens with two attached hydrogens (primary N) is 1. The minimum Gasteiger partial charge on any atom is -0.378 e. The Balaban J connectivity index is 0.00000180. The van der Waals surface area contributed by atoms with Crippen LogP contribution in [0.5, 0.6) is 0 Å². The maximum absolute atomic E-state index is 5.86. The number of halogens is 1. The molecule has 0 aromatic rings. The Hall–Kier alpha value is -0.0400. The molecular weight excluding hydrogens is 353 g/mol. The summed E-state index contributed by atoms with van der Waals surface area (Å²) >= 11 is 0. The summed E-state index contributed by atoms with van der Waals surface area (Å²) in [5.41, 5.74) is 5.86. The van der Waals surface area contributed by atoms with Gasteiger partial charge in [-0.2, -0.15) is 0 Å². The Morgan fingerprint density at radius 2 is 2.11 bits per heavy atom. The van der Waals surface area contributed by atoms with Gasteiger partial charge in [-0.05, 0) is 50.9 Å². The van der Waals surface area contributed by atoms with Gasteiger partial charge >= 0.3 is 0 Å². The zero-order chi connectivity index (χ0) is 12.8. The summed E-state index contributed by atoms with van der Waals surface area (Å²) < 4.78 is 5.55. The number of rotatable bonds is 5. The summed E-state index contributed by atoms with van der Waals surface area (Å²) in [6.45, 7) is 4.93. The van der Waals surface area contributed by atoms with Crippen molar-refractivity contribution in [1.82, 2.24) is 5.32 Å². The number of nitrogens with zero attached hydrogens (tertiary/aromatic N) is 1. The molecule has 0 amide bonds. The third-order valence-corrected chi connectivity index (χ3v) is 4.20. The van der Waals surface area contributed by atoms with E-state index in [9.17, 15) is 0 Å². The molecule has 1 saturated carbocycles. The molecule has 0 aromatic heterocycles. The molecule has 0 bridgehead atoms. The largest absolute Gasteiger partial charge is 0.378 e. The van der Waals surface area contributed by atoms with Crippen molar-refractivity contribution in [1.29, 1.82) is 0 Å². The predicted octanol–water partition coefficient (Wildman–Crippen LogP) is 2.51. The fourth-order valence-corrected chi connectivity index (χ4v) is 2.72. The second-order valence-electron chi connectivity index (χ2n) is 5.81. The van der Waals surface area contributed by atoms with Gasteiger partial charge in [0.05, 0.1) is 6.10 Å². The first kappa shape index (κ1) is 17.0. The third-order valence-electron chi connectivity index (χ3n) is 4.20. The zero-order valence-electron chi connectivity index (χ0n) is 11.9. The van der Waals surface area contributed by atoms with Crippen molar-refractivity contribution in [3.63, 3.8) is 0 Å². The van der Waals surface area contributed by atoms with Crippen molar-refractivity contribution in [2.75, 3.05) is 19.7 Å². The molecule has 112 valence electrons. The predicted molar refractivity (Wildman–Crippen MR) is 90.0 cm³/mol. The van der Waals surface area contributed by atoms with Gasteiger partial charge in [0.1, 0.15) is 0 Å². The second-order valence-corrected chi connectivity index (χ2v) is 5.81. The smallest absolute Gasteiger partial charge is 0.188 e. The lowest BCUT2D eigenvalue weighted by Crippen LogP contribution is -2.35. The second kappa shape index (κ2) is 9.00. The molecule has 2 aliphatic rings. The Kier molecular flexibility index (Phi) is 8.06. The number of hydrogen-bond acceptors (Lipinski definition) is 2. The normalized spacial score (nSPS) is 28.4. The molecule has 1 aliphatic carbocycles. The first-order valence-electron chi connectivity index (χ1n) is 7.39. The maximum Gasteiger partial charge on any atom is 0.188 e.